The largest absolute Gasteiger partial charge is 0.494 e. The molecule has 2 heterocycles. The molecule has 3 nitrogen and oxygen atoms in total. The Hall–Kier alpha value is -2.26. The van der Waals surface area contributed by atoms with Crippen LogP contribution in [0.2, 0.25) is 0 Å². The van der Waals surface area contributed by atoms with E-state index in [1.165, 1.54) is 56.2 Å². The van der Waals surface area contributed by atoms with E-state index in [1.54, 1.807) is 5.56 Å². The SMILES string of the molecule is c1ccc(OCCCN2CCC(c3cn(CC4CC4)c4ccccc34)CC2)cc1. The lowest BCUT2D eigenvalue weighted by Crippen LogP contribution is -2.34. The van der Waals surface area contributed by atoms with Gasteiger partial charge in [-0.1, -0.05) is 36.4 Å². The van der Waals surface area contributed by atoms with Crippen LogP contribution in [0.3, 0.4) is 0 Å². The molecule has 2 aliphatic rings. The third-order valence-corrected chi connectivity index (χ3v) is 6.63. The second-order valence-corrected chi connectivity index (χ2v) is 8.83. The van der Waals surface area contributed by atoms with Crippen LogP contribution in [0.5, 0.6) is 5.75 Å². The third-order valence-electron chi connectivity index (χ3n) is 6.63. The van der Waals surface area contributed by atoms with Crippen molar-refractivity contribution in [3.8, 4) is 5.75 Å². The topological polar surface area (TPSA) is 17.4 Å². The van der Waals surface area contributed by atoms with Gasteiger partial charge in [-0.05, 0) is 80.8 Å². The number of nitrogens with zero attached hydrogens (tertiary/aromatic N) is 2. The number of hydrogen-bond acceptors (Lipinski definition) is 2. The number of fused-ring (bicyclic) bond motifs is 1. The molecule has 0 spiro atoms. The molecule has 0 unspecified atom stereocenters. The van der Waals surface area contributed by atoms with Gasteiger partial charge in [0.25, 0.3) is 0 Å². The smallest absolute Gasteiger partial charge is 0.119 e. The lowest BCUT2D eigenvalue weighted by molar-refractivity contribution is 0.193. The first-order valence-corrected chi connectivity index (χ1v) is 11.3. The highest BCUT2D eigenvalue weighted by Gasteiger charge is 2.26. The second-order valence-electron chi connectivity index (χ2n) is 8.83. The van der Waals surface area contributed by atoms with Crippen LogP contribution in [0.15, 0.2) is 60.8 Å². The van der Waals surface area contributed by atoms with Crippen molar-refractivity contribution in [2.45, 2.75) is 44.6 Å². The van der Waals surface area contributed by atoms with Crippen molar-refractivity contribution in [3.63, 3.8) is 0 Å². The summed E-state index contributed by atoms with van der Waals surface area (Å²) in [5.74, 6) is 2.60. The fourth-order valence-corrected chi connectivity index (χ4v) is 4.79. The van der Waals surface area contributed by atoms with Crippen LogP contribution < -0.4 is 4.74 Å². The van der Waals surface area contributed by atoms with Crippen molar-refractivity contribution in [2.24, 2.45) is 5.92 Å². The minimum atomic E-state index is 0.706. The average molecular weight is 389 g/mol. The van der Waals surface area contributed by atoms with Gasteiger partial charge in [-0.25, -0.2) is 0 Å². The molecule has 2 aromatic carbocycles. The van der Waals surface area contributed by atoms with Crippen LogP contribution in [0.25, 0.3) is 10.9 Å². The maximum absolute atomic E-state index is 5.85. The molecule has 0 radical (unpaired) electrons. The van der Waals surface area contributed by atoms with Crippen molar-refractivity contribution in [2.75, 3.05) is 26.2 Å². The molecule has 152 valence electrons. The van der Waals surface area contributed by atoms with Gasteiger partial charge in [-0.15, -0.1) is 0 Å². The maximum atomic E-state index is 5.85. The normalized spacial score (nSPS) is 18.3. The Kier molecular flexibility index (Phi) is 5.58. The maximum Gasteiger partial charge on any atom is 0.119 e. The number of benzene rings is 2. The standard InChI is InChI=1S/C26H32N2O/c1-2-7-23(8-3-1)29-18-6-15-27-16-13-22(14-17-27)25-20-28(19-21-11-12-21)26-10-5-4-9-24(25)26/h1-5,7-10,20-22H,6,11-19H2. The fraction of sp³-hybridized carbons (Fsp3) is 0.462. The number of rotatable bonds is 8. The molecular formula is C26H32N2O. The Morgan fingerprint density at radius 3 is 2.41 bits per heavy atom. The third kappa shape index (κ3) is 4.51. The van der Waals surface area contributed by atoms with E-state index >= 15 is 0 Å². The van der Waals surface area contributed by atoms with Gasteiger partial charge >= 0.3 is 0 Å². The zero-order valence-corrected chi connectivity index (χ0v) is 17.3. The molecule has 1 aromatic heterocycles. The summed E-state index contributed by atoms with van der Waals surface area (Å²) in [6, 6.07) is 19.2. The summed E-state index contributed by atoms with van der Waals surface area (Å²) < 4.78 is 8.38. The molecule has 0 bridgehead atoms. The Morgan fingerprint density at radius 2 is 1.62 bits per heavy atom. The van der Waals surface area contributed by atoms with E-state index in [2.05, 4.69) is 39.9 Å². The van der Waals surface area contributed by atoms with Crippen molar-refractivity contribution < 1.29 is 4.74 Å². The molecular weight excluding hydrogens is 356 g/mol. The van der Waals surface area contributed by atoms with Gasteiger partial charge < -0.3 is 14.2 Å². The number of hydrogen-bond donors (Lipinski definition) is 0. The molecule has 1 aliphatic carbocycles. The van der Waals surface area contributed by atoms with E-state index in [-0.39, 0.29) is 0 Å². The molecule has 0 atom stereocenters. The minimum absolute atomic E-state index is 0.706. The van der Waals surface area contributed by atoms with Gasteiger partial charge in [0.05, 0.1) is 6.61 Å². The van der Waals surface area contributed by atoms with Crippen LogP contribution in [0.4, 0.5) is 0 Å². The Balaban J connectivity index is 1.15. The highest BCUT2D eigenvalue weighted by Crippen LogP contribution is 2.37. The predicted octanol–water partition coefficient (Wildman–Crippen LogP) is 5.70. The van der Waals surface area contributed by atoms with Crippen molar-refractivity contribution in [1.29, 1.82) is 0 Å². The van der Waals surface area contributed by atoms with Crippen molar-refractivity contribution in [3.05, 3.63) is 66.4 Å². The summed E-state index contributed by atoms with van der Waals surface area (Å²) in [5, 5.41) is 1.49. The van der Waals surface area contributed by atoms with Gasteiger partial charge in [0.1, 0.15) is 5.75 Å². The summed E-state index contributed by atoms with van der Waals surface area (Å²) in [7, 11) is 0. The number of para-hydroxylation sites is 2. The summed E-state index contributed by atoms with van der Waals surface area (Å²) in [6.07, 6.45) is 8.95. The number of aromatic nitrogens is 1. The minimum Gasteiger partial charge on any atom is -0.494 e. The highest BCUT2D eigenvalue weighted by atomic mass is 16.5. The molecule has 0 N–H and O–H groups in total. The Morgan fingerprint density at radius 1 is 0.862 bits per heavy atom. The molecule has 1 aliphatic heterocycles. The van der Waals surface area contributed by atoms with E-state index in [0.717, 1.165) is 31.2 Å². The van der Waals surface area contributed by atoms with Crippen molar-refractivity contribution in [1.82, 2.24) is 9.47 Å². The molecule has 1 saturated carbocycles. The van der Waals surface area contributed by atoms with Crippen LogP contribution in [0.1, 0.15) is 43.6 Å². The van der Waals surface area contributed by atoms with E-state index in [0.29, 0.717) is 5.92 Å². The first-order chi connectivity index (χ1) is 14.4. The Bertz CT molecular complexity index is 920. The molecule has 1 saturated heterocycles. The van der Waals surface area contributed by atoms with Gasteiger partial charge in [0.15, 0.2) is 0 Å². The molecule has 29 heavy (non-hydrogen) atoms. The van der Waals surface area contributed by atoms with Gasteiger partial charge in [0.2, 0.25) is 0 Å². The molecule has 3 aromatic rings. The Labute approximate surface area is 174 Å². The average Bonchev–Trinajstić information content (AvgIpc) is 3.52. The number of piperidine rings is 1. The van der Waals surface area contributed by atoms with Crippen LogP contribution in [0, 0.1) is 5.92 Å². The second kappa shape index (κ2) is 8.62. The summed E-state index contributed by atoms with van der Waals surface area (Å²) in [6.45, 7) is 5.57. The molecule has 5 rings (SSSR count). The summed E-state index contributed by atoms with van der Waals surface area (Å²) >= 11 is 0. The van der Waals surface area contributed by atoms with Crippen LogP contribution in [-0.2, 0) is 6.54 Å². The predicted molar refractivity (Wildman–Crippen MR) is 120 cm³/mol. The van der Waals surface area contributed by atoms with Gasteiger partial charge in [-0.2, -0.15) is 0 Å². The summed E-state index contributed by atoms with van der Waals surface area (Å²) in [4.78, 5) is 2.62. The van der Waals surface area contributed by atoms with E-state index in [4.69, 9.17) is 4.74 Å². The summed E-state index contributed by atoms with van der Waals surface area (Å²) in [5.41, 5.74) is 3.03. The van der Waals surface area contributed by atoms with Crippen LogP contribution >= 0.6 is 0 Å². The molecule has 2 fully saturated rings. The van der Waals surface area contributed by atoms with E-state index in [1.807, 2.05) is 30.3 Å². The number of likely N-dealkylation sites (tertiary alicyclic amines) is 1. The lowest BCUT2D eigenvalue weighted by atomic mass is 9.89. The lowest BCUT2D eigenvalue weighted by Gasteiger charge is -2.32. The van der Waals surface area contributed by atoms with E-state index < -0.39 is 0 Å². The first kappa shape index (κ1) is 18.7. The highest BCUT2D eigenvalue weighted by molar-refractivity contribution is 5.84. The fourth-order valence-electron chi connectivity index (χ4n) is 4.79. The number of ether oxygens (including phenoxy) is 1. The molecule has 0 amide bonds. The zero-order chi connectivity index (χ0) is 19.5. The van der Waals surface area contributed by atoms with Crippen molar-refractivity contribution >= 4 is 10.9 Å². The first-order valence-electron chi connectivity index (χ1n) is 11.3. The molecule has 3 heteroatoms. The monoisotopic (exact) mass is 388 g/mol. The van der Waals surface area contributed by atoms with E-state index in [9.17, 15) is 0 Å². The quantitative estimate of drug-likeness (QED) is 0.461. The van der Waals surface area contributed by atoms with Gasteiger partial charge in [-0.3, -0.25) is 0 Å². The zero-order valence-electron chi connectivity index (χ0n) is 17.3. The van der Waals surface area contributed by atoms with Gasteiger partial charge in [0, 0.05) is 30.2 Å². The van der Waals surface area contributed by atoms with Crippen LogP contribution in [-0.4, -0.2) is 35.7 Å².